The third-order valence-electron chi connectivity index (χ3n) is 2.46. The van der Waals surface area contributed by atoms with E-state index in [9.17, 15) is 4.79 Å². The molecular formula is C14H19BrO3. The molecule has 0 spiro atoms. The van der Waals surface area contributed by atoms with Crippen LogP contribution in [0, 0.1) is 0 Å². The van der Waals surface area contributed by atoms with E-state index >= 15 is 0 Å². The molecule has 0 amide bonds. The number of alkyl halides is 1. The summed E-state index contributed by atoms with van der Waals surface area (Å²) >= 11 is 3.41. The van der Waals surface area contributed by atoms with Crippen LogP contribution in [0.4, 0.5) is 0 Å². The molecule has 0 bridgehead atoms. The average Bonchev–Trinajstić information content (AvgIpc) is 2.29. The predicted octanol–water partition coefficient (Wildman–Crippen LogP) is 3.81. The van der Waals surface area contributed by atoms with Crippen LogP contribution in [0.5, 0.6) is 5.75 Å². The number of esters is 1. The first-order valence-electron chi connectivity index (χ1n) is 6.00. The summed E-state index contributed by atoms with van der Waals surface area (Å²) in [5.41, 5.74) is 0.317. The quantitative estimate of drug-likeness (QED) is 0.591. The molecule has 0 saturated heterocycles. The summed E-state index contributed by atoms with van der Waals surface area (Å²) in [6.07, 6.45) is 0.909. The van der Waals surface area contributed by atoms with Gasteiger partial charge in [-0.3, -0.25) is 0 Å². The number of hydrogen-bond acceptors (Lipinski definition) is 3. The number of benzene rings is 1. The van der Waals surface area contributed by atoms with Crippen LogP contribution in [0.2, 0.25) is 0 Å². The fourth-order valence-corrected chi connectivity index (χ4v) is 2.43. The third-order valence-corrected chi connectivity index (χ3v) is 2.85. The summed E-state index contributed by atoms with van der Waals surface area (Å²) in [4.78, 5) is 11.5. The Bertz CT molecular complexity index is 385. The first kappa shape index (κ1) is 15.0. The Labute approximate surface area is 117 Å². The van der Waals surface area contributed by atoms with Crippen LogP contribution >= 0.6 is 15.9 Å². The summed E-state index contributed by atoms with van der Waals surface area (Å²) < 4.78 is 10.8. The van der Waals surface area contributed by atoms with E-state index in [0.717, 1.165) is 17.5 Å². The van der Waals surface area contributed by atoms with Crippen molar-refractivity contribution in [2.75, 3.05) is 11.9 Å². The Hall–Kier alpha value is -1.03. The van der Waals surface area contributed by atoms with Gasteiger partial charge in [-0.25, -0.2) is 4.79 Å². The second kappa shape index (κ2) is 6.78. The number of hydrogen-bond donors (Lipinski definition) is 0. The van der Waals surface area contributed by atoms with Crippen molar-refractivity contribution < 1.29 is 14.3 Å². The normalized spacial score (nSPS) is 11.1. The molecule has 0 unspecified atom stereocenters. The first-order chi connectivity index (χ1) is 8.48. The van der Waals surface area contributed by atoms with Crippen LogP contribution < -0.4 is 4.74 Å². The van der Waals surface area contributed by atoms with Gasteiger partial charge in [-0.15, -0.1) is 0 Å². The Balaban J connectivity index is 2.68. The van der Waals surface area contributed by atoms with Gasteiger partial charge in [-0.1, -0.05) is 15.9 Å². The van der Waals surface area contributed by atoms with Crippen LogP contribution in [-0.4, -0.2) is 23.5 Å². The minimum absolute atomic E-state index is 0.227. The summed E-state index contributed by atoms with van der Waals surface area (Å²) in [5, 5.41) is 0.890. The van der Waals surface area contributed by atoms with Gasteiger partial charge in [0.25, 0.3) is 0 Å². The number of halogens is 1. The Kier molecular flexibility index (Phi) is 5.66. The zero-order chi connectivity index (χ0) is 13.6. The largest absolute Gasteiger partial charge is 0.488 e. The van der Waals surface area contributed by atoms with Gasteiger partial charge in [-0.2, -0.15) is 0 Å². The Morgan fingerprint density at radius 2 is 1.89 bits per heavy atom. The molecule has 100 valence electrons. The molecule has 0 aliphatic rings. The number of rotatable bonds is 6. The van der Waals surface area contributed by atoms with E-state index in [0.29, 0.717) is 12.2 Å². The zero-order valence-electron chi connectivity index (χ0n) is 11.0. The standard InChI is InChI=1S/C14H19BrO3/c1-4-17-13(16)11-5-7-12(8-6-11)18-14(2,3)9-10-15/h5-8H,4,9-10H2,1-3H3. The van der Waals surface area contributed by atoms with E-state index in [1.165, 1.54) is 0 Å². The minimum atomic E-state index is -0.302. The van der Waals surface area contributed by atoms with Gasteiger partial charge in [-0.05, 0) is 51.5 Å². The van der Waals surface area contributed by atoms with Crippen molar-refractivity contribution in [1.82, 2.24) is 0 Å². The monoisotopic (exact) mass is 314 g/mol. The molecule has 0 atom stereocenters. The lowest BCUT2D eigenvalue weighted by Crippen LogP contribution is -2.28. The minimum Gasteiger partial charge on any atom is -0.488 e. The van der Waals surface area contributed by atoms with Gasteiger partial charge in [0.1, 0.15) is 11.4 Å². The topological polar surface area (TPSA) is 35.5 Å². The van der Waals surface area contributed by atoms with E-state index in [1.54, 1.807) is 31.2 Å². The highest BCUT2D eigenvalue weighted by molar-refractivity contribution is 9.09. The van der Waals surface area contributed by atoms with Gasteiger partial charge in [0.05, 0.1) is 12.2 Å². The molecule has 0 heterocycles. The summed E-state index contributed by atoms with van der Waals surface area (Å²) in [6, 6.07) is 7.03. The van der Waals surface area contributed by atoms with Crippen LogP contribution in [0.3, 0.4) is 0 Å². The molecule has 4 heteroatoms. The van der Waals surface area contributed by atoms with E-state index in [4.69, 9.17) is 9.47 Å². The zero-order valence-corrected chi connectivity index (χ0v) is 12.6. The van der Waals surface area contributed by atoms with Gasteiger partial charge in [0, 0.05) is 5.33 Å². The van der Waals surface area contributed by atoms with E-state index in [1.807, 2.05) is 13.8 Å². The second-order valence-corrected chi connectivity index (χ2v) is 5.34. The molecule has 0 fully saturated rings. The van der Waals surface area contributed by atoms with Gasteiger partial charge >= 0.3 is 5.97 Å². The highest BCUT2D eigenvalue weighted by atomic mass is 79.9. The summed E-state index contributed by atoms with van der Waals surface area (Å²) in [6.45, 7) is 6.24. The third kappa shape index (κ3) is 4.69. The highest BCUT2D eigenvalue weighted by Gasteiger charge is 2.18. The van der Waals surface area contributed by atoms with Crippen LogP contribution in [0.25, 0.3) is 0 Å². The molecule has 0 radical (unpaired) electrons. The maximum absolute atomic E-state index is 11.5. The molecule has 3 nitrogen and oxygen atoms in total. The summed E-state index contributed by atoms with van der Waals surface area (Å²) in [7, 11) is 0. The van der Waals surface area contributed by atoms with Crippen molar-refractivity contribution in [3.8, 4) is 5.75 Å². The number of carbonyl (C=O) groups excluding carboxylic acids is 1. The summed E-state index contributed by atoms with van der Waals surface area (Å²) in [5.74, 6) is 0.456. The SMILES string of the molecule is CCOC(=O)c1ccc(OC(C)(C)CCBr)cc1. The number of ether oxygens (including phenoxy) is 2. The van der Waals surface area contributed by atoms with Crippen molar-refractivity contribution in [3.63, 3.8) is 0 Å². The smallest absolute Gasteiger partial charge is 0.338 e. The van der Waals surface area contributed by atoms with Gasteiger partial charge in [0.2, 0.25) is 0 Å². The molecule has 18 heavy (non-hydrogen) atoms. The van der Waals surface area contributed by atoms with Crippen molar-refractivity contribution in [2.24, 2.45) is 0 Å². The Morgan fingerprint density at radius 1 is 1.28 bits per heavy atom. The Morgan fingerprint density at radius 3 is 2.39 bits per heavy atom. The molecule has 1 aromatic rings. The maximum Gasteiger partial charge on any atom is 0.338 e. The van der Waals surface area contributed by atoms with E-state index in [-0.39, 0.29) is 11.6 Å². The van der Waals surface area contributed by atoms with E-state index in [2.05, 4.69) is 15.9 Å². The molecule has 0 aromatic heterocycles. The van der Waals surface area contributed by atoms with Gasteiger partial charge in [0.15, 0.2) is 0 Å². The average molecular weight is 315 g/mol. The molecule has 0 aliphatic heterocycles. The van der Waals surface area contributed by atoms with Crippen molar-refractivity contribution >= 4 is 21.9 Å². The predicted molar refractivity (Wildman–Crippen MR) is 75.5 cm³/mol. The molecular weight excluding hydrogens is 296 g/mol. The maximum atomic E-state index is 11.5. The van der Waals surface area contributed by atoms with E-state index < -0.39 is 0 Å². The number of carbonyl (C=O) groups is 1. The molecule has 0 N–H and O–H groups in total. The van der Waals surface area contributed by atoms with Gasteiger partial charge < -0.3 is 9.47 Å². The lowest BCUT2D eigenvalue weighted by atomic mass is 10.1. The van der Waals surface area contributed by atoms with Crippen LogP contribution in [0.1, 0.15) is 37.6 Å². The van der Waals surface area contributed by atoms with Crippen LogP contribution in [0.15, 0.2) is 24.3 Å². The lowest BCUT2D eigenvalue weighted by molar-refractivity contribution is 0.0526. The molecule has 1 aromatic carbocycles. The fraction of sp³-hybridized carbons (Fsp3) is 0.500. The van der Waals surface area contributed by atoms with Crippen molar-refractivity contribution in [3.05, 3.63) is 29.8 Å². The first-order valence-corrected chi connectivity index (χ1v) is 7.13. The van der Waals surface area contributed by atoms with Crippen molar-refractivity contribution in [2.45, 2.75) is 32.8 Å². The van der Waals surface area contributed by atoms with Crippen molar-refractivity contribution in [1.29, 1.82) is 0 Å². The molecule has 1 rings (SSSR count). The lowest BCUT2D eigenvalue weighted by Gasteiger charge is -2.25. The molecule has 0 aliphatic carbocycles. The fourth-order valence-electron chi connectivity index (χ4n) is 1.47. The molecule has 0 saturated carbocycles. The second-order valence-electron chi connectivity index (χ2n) is 4.55. The highest BCUT2D eigenvalue weighted by Crippen LogP contribution is 2.22. The van der Waals surface area contributed by atoms with Crippen LogP contribution in [-0.2, 0) is 4.74 Å².